The van der Waals surface area contributed by atoms with E-state index in [1.54, 1.807) is 0 Å². The Hall–Kier alpha value is -2.30. The SMILES string of the molecule is Cc1ccc(C(C)N(CCN)C(=S)Cc2ccc3cnccc3c2)cc1. The van der Waals surface area contributed by atoms with Gasteiger partial charge in [0.1, 0.15) is 0 Å². The molecule has 0 aliphatic carbocycles. The Kier molecular flexibility index (Phi) is 5.96. The molecule has 0 spiro atoms. The summed E-state index contributed by atoms with van der Waals surface area (Å²) in [6.07, 6.45) is 4.45. The van der Waals surface area contributed by atoms with Crippen molar-refractivity contribution in [3.8, 4) is 0 Å². The van der Waals surface area contributed by atoms with Crippen LogP contribution < -0.4 is 5.73 Å². The summed E-state index contributed by atoms with van der Waals surface area (Å²) in [6, 6.07) is 17.3. The molecule has 0 amide bonds. The van der Waals surface area contributed by atoms with Crippen LogP contribution in [0.4, 0.5) is 0 Å². The van der Waals surface area contributed by atoms with Crippen molar-refractivity contribution in [3.63, 3.8) is 0 Å². The molecular weight excluding hydrogens is 338 g/mol. The van der Waals surface area contributed by atoms with E-state index in [1.807, 2.05) is 18.5 Å². The lowest BCUT2D eigenvalue weighted by molar-refractivity contribution is 0.346. The molecule has 1 unspecified atom stereocenters. The van der Waals surface area contributed by atoms with E-state index < -0.39 is 0 Å². The van der Waals surface area contributed by atoms with E-state index in [0.29, 0.717) is 6.54 Å². The van der Waals surface area contributed by atoms with E-state index in [9.17, 15) is 0 Å². The molecule has 0 saturated carbocycles. The van der Waals surface area contributed by atoms with Crippen molar-refractivity contribution in [2.75, 3.05) is 13.1 Å². The van der Waals surface area contributed by atoms with Crippen LogP contribution in [0.15, 0.2) is 60.9 Å². The molecule has 1 aromatic heterocycles. The number of nitrogens with two attached hydrogens (primary N) is 1. The third-order valence-electron chi connectivity index (χ3n) is 4.78. The summed E-state index contributed by atoms with van der Waals surface area (Å²) in [5.74, 6) is 0. The molecule has 4 heteroatoms. The van der Waals surface area contributed by atoms with Crippen LogP contribution in [0.25, 0.3) is 10.8 Å². The Balaban J connectivity index is 1.79. The van der Waals surface area contributed by atoms with Gasteiger partial charge in [0.25, 0.3) is 0 Å². The number of aryl methyl sites for hydroxylation is 1. The molecule has 2 aromatic carbocycles. The summed E-state index contributed by atoms with van der Waals surface area (Å²) in [5, 5.41) is 2.34. The van der Waals surface area contributed by atoms with Crippen molar-refractivity contribution < 1.29 is 0 Å². The van der Waals surface area contributed by atoms with Crippen molar-refractivity contribution in [1.82, 2.24) is 9.88 Å². The molecule has 0 saturated heterocycles. The zero-order chi connectivity index (χ0) is 18.5. The normalized spacial score (nSPS) is 12.1. The van der Waals surface area contributed by atoms with Crippen LogP contribution in [0.3, 0.4) is 0 Å². The lowest BCUT2D eigenvalue weighted by Gasteiger charge is -2.32. The molecule has 3 rings (SSSR count). The number of rotatable bonds is 6. The number of hydrogen-bond acceptors (Lipinski definition) is 3. The minimum Gasteiger partial charge on any atom is -0.358 e. The van der Waals surface area contributed by atoms with E-state index in [2.05, 4.69) is 66.2 Å². The van der Waals surface area contributed by atoms with Crippen molar-refractivity contribution in [2.45, 2.75) is 26.3 Å². The van der Waals surface area contributed by atoms with Crippen molar-refractivity contribution in [1.29, 1.82) is 0 Å². The number of pyridine rings is 1. The van der Waals surface area contributed by atoms with Crippen LogP contribution in [0.5, 0.6) is 0 Å². The summed E-state index contributed by atoms with van der Waals surface area (Å²) < 4.78 is 0. The Bertz CT molecular complexity index is 889. The average Bonchev–Trinajstić information content (AvgIpc) is 2.66. The number of fused-ring (bicyclic) bond motifs is 1. The molecule has 2 N–H and O–H groups in total. The van der Waals surface area contributed by atoms with Crippen molar-refractivity contribution in [3.05, 3.63) is 77.6 Å². The van der Waals surface area contributed by atoms with E-state index in [4.69, 9.17) is 18.0 Å². The first-order chi connectivity index (χ1) is 12.6. The summed E-state index contributed by atoms with van der Waals surface area (Å²) in [7, 11) is 0. The average molecular weight is 364 g/mol. The molecule has 0 radical (unpaired) electrons. The Morgan fingerprint density at radius 3 is 2.62 bits per heavy atom. The standard InChI is InChI=1S/C22H25N3S/c1-16-3-6-19(7-4-16)17(2)25(12-10-23)22(26)14-18-5-8-21-15-24-11-9-20(21)13-18/h3-9,11,13,15,17H,10,12,14,23H2,1-2H3. The highest BCUT2D eigenvalue weighted by Gasteiger charge is 2.18. The van der Waals surface area contributed by atoms with Crippen LogP contribution in [0.2, 0.25) is 0 Å². The minimum absolute atomic E-state index is 0.205. The second-order valence-electron chi connectivity index (χ2n) is 6.70. The van der Waals surface area contributed by atoms with Gasteiger partial charge in [-0.25, -0.2) is 0 Å². The van der Waals surface area contributed by atoms with Gasteiger partial charge in [0, 0.05) is 37.3 Å². The first kappa shape index (κ1) is 18.5. The fourth-order valence-corrected chi connectivity index (χ4v) is 3.63. The van der Waals surface area contributed by atoms with Crippen LogP contribution in [0, 0.1) is 6.92 Å². The summed E-state index contributed by atoms with van der Waals surface area (Å²) >= 11 is 5.81. The monoisotopic (exact) mass is 363 g/mol. The number of thiocarbonyl (C=S) groups is 1. The first-order valence-electron chi connectivity index (χ1n) is 8.97. The molecule has 0 aliphatic rings. The predicted molar refractivity (Wildman–Crippen MR) is 113 cm³/mol. The van der Waals surface area contributed by atoms with E-state index >= 15 is 0 Å². The largest absolute Gasteiger partial charge is 0.358 e. The van der Waals surface area contributed by atoms with Crippen molar-refractivity contribution >= 4 is 28.0 Å². The van der Waals surface area contributed by atoms with Gasteiger partial charge in [0.05, 0.1) is 11.0 Å². The van der Waals surface area contributed by atoms with Crippen LogP contribution in [-0.4, -0.2) is 28.0 Å². The molecule has 1 heterocycles. The van der Waals surface area contributed by atoms with Gasteiger partial charge in [0.2, 0.25) is 0 Å². The van der Waals surface area contributed by atoms with E-state index in [-0.39, 0.29) is 6.04 Å². The molecule has 3 nitrogen and oxygen atoms in total. The quantitative estimate of drug-likeness (QED) is 0.658. The lowest BCUT2D eigenvalue weighted by atomic mass is 10.0. The number of hydrogen-bond donors (Lipinski definition) is 1. The van der Waals surface area contributed by atoms with E-state index in [1.165, 1.54) is 22.1 Å². The predicted octanol–water partition coefficient (Wildman–Crippen LogP) is 4.44. The minimum atomic E-state index is 0.205. The Morgan fingerprint density at radius 1 is 1.12 bits per heavy atom. The van der Waals surface area contributed by atoms with Gasteiger partial charge in [0.15, 0.2) is 0 Å². The maximum atomic E-state index is 5.87. The highest BCUT2D eigenvalue weighted by Crippen LogP contribution is 2.23. The Morgan fingerprint density at radius 2 is 1.88 bits per heavy atom. The highest BCUT2D eigenvalue weighted by molar-refractivity contribution is 7.80. The van der Waals surface area contributed by atoms with Gasteiger partial charge in [-0.05, 0) is 36.4 Å². The number of nitrogens with zero attached hydrogens (tertiary/aromatic N) is 2. The maximum absolute atomic E-state index is 5.87. The van der Waals surface area contributed by atoms with Gasteiger partial charge in [-0.2, -0.15) is 0 Å². The van der Waals surface area contributed by atoms with Gasteiger partial charge in [-0.1, -0.05) is 60.2 Å². The highest BCUT2D eigenvalue weighted by atomic mass is 32.1. The zero-order valence-electron chi connectivity index (χ0n) is 15.4. The molecular formula is C22H25N3S. The van der Waals surface area contributed by atoms with Gasteiger partial charge in [-0.3, -0.25) is 4.98 Å². The van der Waals surface area contributed by atoms with Gasteiger partial charge in [-0.15, -0.1) is 0 Å². The van der Waals surface area contributed by atoms with Gasteiger partial charge >= 0.3 is 0 Å². The lowest BCUT2D eigenvalue weighted by Crippen LogP contribution is -2.37. The maximum Gasteiger partial charge on any atom is 0.0829 e. The third kappa shape index (κ3) is 4.26. The van der Waals surface area contributed by atoms with Crippen molar-refractivity contribution in [2.24, 2.45) is 5.73 Å². The molecule has 0 fully saturated rings. The van der Waals surface area contributed by atoms with Crippen LogP contribution in [-0.2, 0) is 6.42 Å². The molecule has 1 atom stereocenters. The van der Waals surface area contributed by atoms with E-state index in [0.717, 1.165) is 23.3 Å². The second-order valence-corrected chi connectivity index (χ2v) is 7.17. The fraction of sp³-hybridized carbons (Fsp3) is 0.273. The fourth-order valence-electron chi connectivity index (χ4n) is 3.22. The molecule has 3 aromatic rings. The van der Waals surface area contributed by atoms with Gasteiger partial charge < -0.3 is 10.6 Å². The summed E-state index contributed by atoms with van der Waals surface area (Å²) in [5.41, 5.74) is 9.61. The molecule has 134 valence electrons. The summed E-state index contributed by atoms with van der Waals surface area (Å²) in [6.45, 7) is 5.63. The van der Waals surface area contributed by atoms with Crippen LogP contribution in [0.1, 0.15) is 29.7 Å². The smallest absolute Gasteiger partial charge is 0.0829 e. The number of benzene rings is 2. The second kappa shape index (κ2) is 8.39. The molecule has 0 bridgehead atoms. The zero-order valence-corrected chi connectivity index (χ0v) is 16.2. The number of aromatic nitrogens is 1. The molecule has 26 heavy (non-hydrogen) atoms. The first-order valence-corrected chi connectivity index (χ1v) is 9.38. The summed E-state index contributed by atoms with van der Waals surface area (Å²) in [4.78, 5) is 7.35. The Labute approximate surface area is 160 Å². The molecule has 0 aliphatic heterocycles. The topological polar surface area (TPSA) is 42.1 Å². The van der Waals surface area contributed by atoms with Crippen LogP contribution >= 0.6 is 12.2 Å². The third-order valence-corrected chi connectivity index (χ3v) is 5.16.